The maximum atomic E-state index is 14.0. The van der Waals surface area contributed by atoms with Crippen molar-refractivity contribution in [3.63, 3.8) is 0 Å². The molecule has 0 amide bonds. The SMILES string of the molecule is Fc1ccccc1CN(Cc1ncc(-c2cccc(Cl)c2)o1)C1CC1. The van der Waals surface area contributed by atoms with Crippen LogP contribution in [-0.2, 0) is 13.1 Å². The van der Waals surface area contributed by atoms with Crippen LogP contribution < -0.4 is 0 Å². The average molecular weight is 357 g/mol. The van der Waals surface area contributed by atoms with Crippen LogP contribution in [0.5, 0.6) is 0 Å². The lowest BCUT2D eigenvalue weighted by Gasteiger charge is -2.20. The van der Waals surface area contributed by atoms with Gasteiger partial charge in [0.2, 0.25) is 5.89 Å². The smallest absolute Gasteiger partial charge is 0.209 e. The van der Waals surface area contributed by atoms with Gasteiger partial charge in [-0.1, -0.05) is 41.9 Å². The monoisotopic (exact) mass is 356 g/mol. The molecule has 5 heteroatoms. The minimum Gasteiger partial charge on any atom is -0.439 e. The fraction of sp³-hybridized carbons (Fsp3) is 0.250. The van der Waals surface area contributed by atoms with E-state index in [0.29, 0.717) is 41.4 Å². The van der Waals surface area contributed by atoms with Gasteiger partial charge in [0.25, 0.3) is 0 Å². The minimum absolute atomic E-state index is 0.167. The Morgan fingerprint density at radius 1 is 1.12 bits per heavy atom. The molecule has 128 valence electrons. The van der Waals surface area contributed by atoms with E-state index in [1.165, 1.54) is 6.07 Å². The van der Waals surface area contributed by atoms with E-state index >= 15 is 0 Å². The molecule has 0 N–H and O–H groups in total. The molecule has 1 saturated carbocycles. The number of oxazole rings is 1. The van der Waals surface area contributed by atoms with Crippen LogP contribution in [0, 0.1) is 5.82 Å². The Bertz CT molecular complexity index is 875. The highest BCUT2D eigenvalue weighted by Gasteiger charge is 2.30. The summed E-state index contributed by atoms with van der Waals surface area (Å²) in [6.07, 6.45) is 3.99. The normalized spacial score (nSPS) is 14.2. The quantitative estimate of drug-likeness (QED) is 0.600. The summed E-state index contributed by atoms with van der Waals surface area (Å²) in [7, 11) is 0. The molecular weight excluding hydrogens is 339 g/mol. The zero-order chi connectivity index (χ0) is 17.2. The van der Waals surface area contributed by atoms with Gasteiger partial charge in [0.1, 0.15) is 5.82 Å². The van der Waals surface area contributed by atoms with Crippen molar-refractivity contribution in [1.29, 1.82) is 0 Å². The fourth-order valence-electron chi connectivity index (χ4n) is 2.93. The second-order valence-electron chi connectivity index (χ2n) is 6.36. The Morgan fingerprint density at radius 3 is 2.72 bits per heavy atom. The van der Waals surface area contributed by atoms with Gasteiger partial charge in [0, 0.05) is 28.7 Å². The van der Waals surface area contributed by atoms with Gasteiger partial charge in [-0.05, 0) is 31.0 Å². The lowest BCUT2D eigenvalue weighted by molar-refractivity contribution is 0.218. The molecule has 2 aromatic carbocycles. The van der Waals surface area contributed by atoms with Gasteiger partial charge in [-0.25, -0.2) is 9.37 Å². The molecule has 0 atom stereocenters. The predicted octanol–water partition coefficient (Wildman–Crippen LogP) is 5.30. The third-order valence-corrected chi connectivity index (χ3v) is 4.63. The second kappa shape index (κ2) is 6.98. The summed E-state index contributed by atoms with van der Waals surface area (Å²) < 4.78 is 19.9. The minimum atomic E-state index is -0.167. The van der Waals surface area contributed by atoms with E-state index in [1.54, 1.807) is 12.3 Å². The number of benzene rings is 2. The van der Waals surface area contributed by atoms with E-state index < -0.39 is 0 Å². The van der Waals surface area contributed by atoms with Crippen LogP contribution in [0.2, 0.25) is 5.02 Å². The molecule has 1 aliphatic carbocycles. The predicted molar refractivity (Wildman–Crippen MR) is 95.6 cm³/mol. The molecule has 0 saturated heterocycles. The third kappa shape index (κ3) is 3.91. The van der Waals surface area contributed by atoms with E-state index in [1.807, 2.05) is 36.4 Å². The summed E-state index contributed by atoms with van der Waals surface area (Å²) in [5.74, 6) is 1.16. The van der Waals surface area contributed by atoms with Crippen molar-refractivity contribution in [3.05, 3.63) is 77.0 Å². The van der Waals surface area contributed by atoms with Crippen molar-refractivity contribution in [2.24, 2.45) is 0 Å². The van der Waals surface area contributed by atoms with Crippen LogP contribution in [-0.4, -0.2) is 15.9 Å². The molecule has 1 fully saturated rings. The van der Waals surface area contributed by atoms with Crippen LogP contribution in [0.4, 0.5) is 4.39 Å². The first kappa shape index (κ1) is 16.3. The summed E-state index contributed by atoms with van der Waals surface area (Å²) in [5, 5.41) is 0.662. The van der Waals surface area contributed by atoms with E-state index in [4.69, 9.17) is 16.0 Å². The van der Waals surface area contributed by atoms with Gasteiger partial charge >= 0.3 is 0 Å². The van der Waals surface area contributed by atoms with Gasteiger partial charge in [-0.15, -0.1) is 0 Å². The Hall–Kier alpha value is -2.17. The Balaban J connectivity index is 1.51. The van der Waals surface area contributed by atoms with Crippen molar-refractivity contribution in [3.8, 4) is 11.3 Å². The molecule has 1 aromatic heterocycles. The third-order valence-electron chi connectivity index (χ3n) is 4.40. The van der Waals surface area contributed by atoms with E-state index in [9.17, 15) is 4.39 Å². The standard InChI is InChI=1S/C20H18ClFN2O/c21-16-6-3-5-14(10-16)19-11-23-20(25-19)13-24(17-8-9-17)12-15-4-1-2-7-18(15)22/h1-7,10-11,17H,8-9,12-13H2. The largest absolute Gasteiger partial charge is 0.439 e. The Labute approximate surface area is 151 Å². The van der Waals surface area contributed by atoms with Gasteiger partial charge < -0.3 is 4.42 Å². The lowest BCUT2D eigenvalue weighted by Crippen LogP contribution is -2.25. The highest BCUT2D eigenvalue weighted by molar-refractivity contribution is 6.30. The van der Waals surface area contributed by atoms with E-state index in [-0.39, 0.29) is 5.82 Å². The summed E-state index contributed by atoms with van der Waals surface area (Å²) >= 11 is 6.03. The topological polar surface area (TPSA) is 29.3 Å². The van der Waals surface area contributed by atoms with Crippen LogP contribution in [0.1, 0.15) is 24.3 Å². The highest BCUT2D eigenvalue weighted by atomic mass is 35.5. The van der Waals surface area contributed by atoms with Crippen molar-refractivity contribution >= 4 is 11.6 Å². The Morgan fingerprint density at radius 2 is 1.96 bits per heavy atom. The molecule has 3 nitrogen and oxygen atoms in total. The zero-order valence-corrected chi connectivity index (χ0v) is 14.4. The fourth-order valence-corrected chi connectivity index (χ4v) is 3.12. The van der Waals surface area contributed by atoms with Crippen molar-refractivity contribution in [1.82, 2.24) is 9.88 Å². The first-order valence-electron chi connectivity index (χ1n) is 8.37. The summed E-state index contributed by atoms with van der Waals surface area (Å²) in [6.45, 7) is 1.13. The molecule has 1 aliphatic rings. The first-order valence-corrected chi connectivity index (χ1v) is 8.75. The van der Waals surface area contributed by atoms with Crippen LogP contribution in [0.25, 0.3) is 11.3 Å². The van der Waals surface area contributed by atoms with Gasteiger partial charge in [-0.2, -0.15) is 0 Å². The van der Waals surface area contributed by atoms with Gasteiger partial charge in [0.15, 0.2) is 5.76 Å². The maximum absolute atomic E-state index is 14.0. The van der Waals surface area contributed by atoms with Crippen LogP contribution in [0.15, 0.2) is 59.1 Å². The zero-order valence-electron chi connectivity index (χ0n) is 13.7. The molecule has 0 spiro atoms. The van der Waals surface area contributed by atoms with E-state index in [2.05, 4.69) is 9.88 Å². The van der Waals surface area contributed by atoms with Gasteiger partial charge in [-0.3, -0.25) is 4.90 Å². The maximum Gasteiger partial charge on any atom is 0.209 e. The number of nitrogens with zero attached hydrogens (tertiary/aromatic N) is 2. The molecule has 4 rings (SSSR count). The van der Waals surface area contributed by atoms with Crippen molar-refractivity contribution in [2.75, 3.05) is 0 Å². The number of hydrogen-bond donors (Lipinski definition) is 0. The number of halogens is 2. The summed E-state index contributed by atoms with van der Waals surface area (Å²) in [4.78, 5) is 6.62. The van der Waals surface area contributed by atoms with Gasteiger partial charge in [0.05, 0.1) is 12.7 Å². The van der Waals surface area contributed by atoms with E-state index in [0.717, 1.165) is 18.4 Å². The molecule has 0 bridgehead atoms. The van der Waals surface area contributed by atoms with Crippen molar-refractivity contribution in [2.45, 2.75) is 32.0 Å². The summed E-state index contributed by atoms with van der Waals surface area (Å²) in [5.41, 5.74) is 1.61. The average Bonchev–Trinajstić information content (AvgIpc) is 3.35. The molecule has 3 aromatic rings. The lowest BCUT2D eigenvalue weighted by atomic mass is 10.2. The molecule has 0 unspecified atom stereocenters. The van der Waals surface area contributed by atoms with Crippen LogP contribution in [0.3, 0.4) is 0 Å². The summed E-state index contributed by atoms with van der Waals surface area (Å²) in [6, 6.07) is 14.9. The molecular formula is C20H18ClFN2O. The highest BCUT2D eigenvalue weighted by Crippen LogP contribution is 2.31. The van der Waals surface area contributed by atoms with Crippen LogP contribution >= 0.6 is 11.6 Å². The number of aromatic nitrogens is 1. The molecule has 25 heavy (non-hydrogen) atoms. The van der Waals surface area contributed by atoms with Crippen molar-refractivity contribution < 1.29 is 8.81 Å². The first-order chi connectivity index (χ1) is 12.2. The second-order valence-corrected chi connectivity index (χ2v) is 6.79. The Kier molecular flexibility index (Phi) is 4.55. The number of rotatable bonds is 6. The molecule has 1 heterocycles. The number of hydrogen-bond acceptors (Lipinski definition) is 3. The molecule has 0 aliphatic heterocycles. The molecule has 0 radical (unpaired) electrons.